The molecule has 1 aromatic heterocycles. The molecule has 8 nitrogen and oxygen atoms in total. The molecule has 1 saturated heterocycles. The zero-order valence-corrected chi connectivity index (χ0v) is 18.6. The molecule has 3 heterocycles. The van der Waals surface area contributed by atoms with Crippen LogP contribution in [-0.4, -0.2) is 56.9 Å². The highest BCUT2D eigenvalue weighted by molar-refractivity contribution is 5.62. The number of aliphatic hydroxyl groups is 1. The lowest BCUT2D eigenvalue weighted by molar-refractivity contribution is -0.210. The molecule has 0 spiro atoms. The molecule has 0 aliphatic carbocycles. The summed E-state index contributed by atoms with van der Waals surface area (Å²) in [5.41, 5.74) is 7.62. The van der Waals surface area contributed by atoms with E-state index in [-0.39, 0.29) is 29.6 Å². The summed E-state index contributed by atoms with van der Waals surface area (Å²) >= 11 is 0. The number of benzene rings is 1. The molecular weight excluding hydrogens is 392 g/mol. The molecule has 3 unspecified atom stereocenters. The molecule has 4 atom stereocenters. The Morgan fingerprint density at radius 3 is 2.55 bits per heavy atom. The van der Waals surface area contributed by atoms with Crippen molar-refractivity contribution in [1.82, 2.24) is 20.3 Å². The molecule has 0 saturated carbocycles. The Hall–Kier alpha value is -2.55. The first-order valence-corrected chi connectivity index (χ1v) is 10.8. The van der Waals surface area contributed by atoms with Crippen LogP contribution in [0.2, 0.25) is 0 Å². The molecule has 4 rings (SSSR count). The summed E-state index contributed by atoms with van der Waals surface area (Å²) in [5, 5.41) is 16.0. The van der Waals surface area contributed by atoms with E-state index in [0.717, 1.165) is 17.7 Å². The van der Waals surface area contributed by atoms with E-state index in [2.05, 4.69) is 65.3 Å². The Labute approximate surface area is 183 Å². The highest BCUT2D eigenvalue weighted by Crippen LogP contribution is 2.38. The topological polar surface area (TPSA) is 109 Å². The maximum absolute atomic E-state index is 10.8. The van der Waals surface area contributed by atoms with E-state index in [9.17, 15) is 5.11 Å². The van der Waals surface area contributed by atoms with Crippen LogP contribution >= 0.6 is 0 Å². The standard InChI is InChI=1S/C23H32N6O2/c1-15(16-5-7-17(8-6-16)18-11-26-21(24)27-12-18)22(2,3)29-14-28-20(31-29)19-13-25-10-9-23(19,4)30/h5-8,11-12,14-15,19-20,25,30H,9-10,13H2,1-4H3,(H2,24,26,27)/t15-,19?,20?,23?/m1/s1. The number of nitrogens with zero attached hydrogens (tertiary/aromatic N) is 4. The third-order valence-electron chi connectivity index (χ3n) is 6.90. The minimum absolute atomic E-state index is 0.0879. The van der Waals surface area contributed by atoms with Gasteiger partial charge in [-0.05, 0) is 44.9 Å². The van der Waals surface area contributed by atoms with Crippen molar-refractivity contribution in [1.29, 1.82) is 0 Å². The molecule has 0 bridgehead atoms. The van der Waals surface area contributed by atoms with Crippen molar-refractivity contribution < 1.29 is 9.94 Å². The summed E-state index contributed by atoms with van der Waals surface area (Å²) in [5.74, 6) is 0.348. The number of piperidine rings is 1. The van der Waals surface area contributed by atoms with Crippen LogP contribution in [0.4, 0.5) is 5.95 Å². The monoisotopic (exact) mass is 424 g/mol. The highest BCUT2D eigenvalue weighted by Gasteiger charge is 2.45. The van der Waals surface area contributed by atoms with Crippen LogP contribution in [0.5, 0.6) is 0 Å². The van der Waals surface area contributed by atoms with Crippen molar-refractivity contribution in [2.45, 2.75) is 57.4 Å². The minimum atomic E-state index is -0.791. The molecule has 31 heavy (non-hydrogen) atoms. The number of aliphatic imine (C=N–C) groups is 1. The lowest BCUT2D eigenvalue weighted by Gasteiger charge is -2.42. The predicted molar refractivity (Wildman–Crippen MR) is 121 cm³/mol. The highest BCUT2D eigenvalue weighted by atomic mass is 16.7. The molecule has 2 aliphatic heterocycles. The molecule has 4 N–H and O–H groups in total. The van der Waals surface area contributed by atoms with Crippen LogP contribution in [0, 0.1) is 5.92 Å². The van der Waals surface area contributed by atoms with Gasteiger partial charge in [-0.1, -0.05) is 31.2 Å². The van der Waals surface area contributed by atoms with Gasteiger partial charge in [-0.3, -0.25) is 0 Å². The van der Waals surface area contributed by atoms with Gasteiger partial charge in [0, 0.05) is 36.3 Å². The quantitative estimate of drug-likeness (QED) is 0.677. The number of nitrogens with two attached hydrogens (primary N) is 1. The van der Waals surface area contributed by atoms with Crippen molar-refractivity contribution in [2.75, 3.05) is 18.8 Å². The second kappa shape index (κ2) is 8.18. The number of nitrogen functional groups attached to an aromatic ring is 1. The molecule has 8 heteroatoms. The van der Waals surface area contributed by atoms with E-state index in [1.165, 1.54) is 5.56 Å². The minimum Gasteiger partial charge on any atom is -0.390 e. The van der Waals surface area contributed by atoms with Gasteiger partial charge >= 0.3 is 0 Å². The van der Waals surface area contributed by atoms with E-state index in [4.69, 9.17) is 10.6 Å². The molecule has 1 aromatic carbocycles. The van der Waals surface area contributed by atoms with Gasteiger partial charge in [0.1, 0.15) is 6.34 Å². The number of hydrogen-bond donors (Lipinski definition) is 3. The summed E-state index contributed by atoms with van der Waals surface area (Å²) < 4.78 is 0. The van der Waals surface area contributed by atoms with Crippen molar-refractivity contribution in [3.8, 4) is 11.1 Å². The fourth-order valence-electron chi connectivity index (χ4n) is 4.22. The molecule has 0 amide bonds. The fraction of sp³-hybridized carbons (Fsp3) is 0.522. The Kier molecular flexibility index (Phi) is 5.72. The van der Waals surface area contributed by atoms with E-state index in [0.29, 0.717) is 13.0 Å². The Morgan fingerprint density at radius 1 is 1.23 bits per heavy atom. The molecule has 1 fully saturated rings. The van der Waals surface area contributed by atoms with Gasteiger partial charge < -0.3 is 16.2 Å². The number of hydrogen-bond acceptors (Lipinski definition) is 8. The van der Waals surface area contributed by atoms with Gasteiger partial charge in [-0.25, -0.2) is 24.9 Å². The molecule has 166 valence electrons. The third-order valence-corrected chi connectivity index (χ3v) is 6.90. The molecule has 0 radical (unpaired) electrons. The Balaban J connectivity index is 1.46. The number of nitrogens with one attached hydrogen (secondary N) is 1. The first-order valence-electron chi connectivity index (χ1n) is 10.8. The predicted octanol–water partition coefficient (Wildman–Crippen LogP) is 2.57. The second-order valence-electron chi connectivity index (χ2n) is 9.33. The van der Waals surface area contributed by atoms with Crippen LogP contribution in [0.3, 0.4) is 0 Å². The summed E-state index contributed by atoms with van der Waals surface area (Å²) in [6.45, 7) is 9.85. The first-order chi connectivity index (χ1) is 14.7. The van der Waals surface area contributed by atoms with Gasteiger partial charge in [0.05, 0.1) is 11.1 Å². The smallest absolute Gasteiger partial charge is 0.219 e. The lowest BCUT2D eigenvalue weighted by atomic mass is 9.82. The summed E-state index contributed by atoms with van der Waals surface area (Å²) in [6.07, 6.45) is 5.54. The van der Waals surface area contributed by atoms with Gasteiger partial charge in [0.25, 0.3) is 0 Å². The Morgan fingerprint density at radius 2 is 1.90 bits per heavy atom. The van der Waals surface area contributed by atoms with Crippen molar-refractivity contribution >= 4 is 12.3 Å². The van der Waals surface area contributed by atoms with Crippen LogP contribution in [0.25, 0.3) is 11.1 Å². The maximum Gasteiger partial charge on any atom is 0.219 e. The molecule has 2 aliphatic rings. The van der Waals surface area contributed by atoms with Gasteiger partial charge in [-0.15, -0.1) is 0 Å². The molecular formula is C23H32N6O2. The van der Waals surface area contributed by atoms with Gasteiger partial charge in [-0.2, -0.15) is 0 Å². The largest absolute Gasteiger partial charge is 0.390 e. The maximum atomic E-state index is 10.8. The zero-order valence-electron chi connectivity index (χ0n) is 18.6. The fourth-order valence-corrected chi connectivity index (χ4v) is 4.22. The normalized spacial score (nSPS) is 27.5. The van der Waals surface area contributed by atoms with Crippen molar-refractivity contribution in [3.63, 3.8) is 0 Å². The number of anilines is 1. The first kappa shape index (κ1) is 21.7. The van der Waals surface area contributed by atoms with Crippen LogP contribution < -0.4 is 11.1 Å². The summed E-state index contributed by atoms with van der Waals surface area (Å²) in [7, 11) is 0. The van der Waals surface area contributed by atoms with Crippen LogP contribution in [-0.2, 0) is 4.84 Å². The Bertz CT molecular complexity index is 926. The van der Waals surface area contributed by atoms with E-state index in [1.807, 2.05) is 12.0 Å². The average Bonchev–Trinajstić information content (AvgIpc) is 3.24. The van der Waals surface area contributed by atoms with Crippen LogP contribution in [0.1, 0.15) is 45.6 Å². The van der Waals surface area contributed by atoms with Crippen molar-refractivity contribution in [2.24, 2.45) is 10.9 Å². The molecule has 2 aromatic rings. The number of hydroxylamine groups is 2. The summed E-state index contributed by atoms with van der Waals surface area (Å²) in [6, 6.07) is 8.39. The van der Waals surface area contributed by atoms with E-state index in [1.54, 1.807) is 18.7 Å². The average molecular weight is 425 g/mol. The third kappa shape index (κ3) is 4.28. The zero-order chi connectivity index (χ0) is 22.2. The van der Waals surface area contributed by atoms with E-state index < -0.39 is 5.60 Å². The van der Waals surface area contributed by atoms with Gasteiger partial charge in [0.15, 0.2) is 6.23 Å². The lowest BCUT2D eigenvalue weighted by Crippen LogP contribution is -2.54. The van der Waals surface area contributed by atoms with Crippen LogP contribution in [0.15, 0.2) is 41.7 Å². The van der Waals surface area contributed by atoms with Gasteiger partial charge in [0.2, 0.25) is 5.95 Å². The second-order valence-corrected chi connectivity index (χ2v) is 9.33. The SMILES string of the molecule is C[C@H](c1ccc(-c2cnc(N)nc2)cc1)C(C)(C)N1C=NC(C2CNCCC2(C)O)O1. The number of aromatic nitrogens is 2. The summed E-state index contributed by atoms with van der Waals surface area (Å²) in [4.78, 5) is 19.0. The van der Waals surface area contributed by atoms with Crippen molar-refractivity contribution in [3.05, 3.63) is 42.2 Å². The number of rotatable bonds is 5. The van der Waals surface area contributed by atoms with E-state index >= 15 is 0 Å².